The molecule has 1 amide bonds. The molecule has 1 aliphatic carbocycles. The van der Waals surface area contributed by atoms with E-state index in [9.17, 15) is 14.7 Å². The van der Waals surface area contributed by atoms with Crippen LogP contribution in [-0.2, 0) is 16.1 Å². The average molecular weight is 265 g/mol. The third-order valence-electron chi connectivity index (χ3n) is 3.91. The van der Waals surface area contributed by atoms with Crippen LogP contribution in [0.2, 0.25) is 0 Å². The zero-order valence-corrected chi connectivity index (χ0v) is 11.0. The third kappa shape index (κ3) is 2.94. The van der Waals surface area contributed by atoms with Crippen molar-refractivity contribution >= 4 is 11.9 Å². The molecule has 6 heteroatoms. The highest BCUT2D eigenvalue weighted by molar-refractivity contribution is 5.80. The zero-order valence-electron chi connectivity index (χ0n) is 11.0. The number of aliphatic carboxylic acids is 1. The van der Waals surface area contributed by atoms with Crippen molar-refractivity contribution in [3.8, 4) is 0 Å². The van der Waals surface area contributed by atoms with Gasteiger partial charge in [-0.2, -0.15) is 5.10 Å². The molecule has 19 heavy (non-hydrogen) atoms. The molecule has 0 spiro atoms. The quantitative estimate of drug-likeness (QED) is 0.833. The van der Waals surface area contributed by atoms with Crippen molar-refractivity contribution < 1.29 is 14.7 Å². The molecule has 0 aliphatic heterocycles. The number of carbonyl (C=O) groups excluding carboxylic acids is 1. The second-order valence-corrected chi connectivity index (χ2v) is 5.25. The van der Waals surface area contributed by atoms with Crippen LogP contribution in [0.4, 0.5) is 0 Å². The standard InChI is InChI=1S/C13H19N3O3/c1-13(12(18)19)6-2-4-10(13)15-11(17)5-9-16-8-3-7-14-16/h3,7-8,10H,2,4-6,9H2,1H3,(H,15,17)(H,18,19). The van der Waals surface area contributed by atoms with Gasteiger partial charge in [0.05, 0.1) is 5.41 Å². The molecular weight excluding hydrogens is 246 g/mol. The molecule has 2 atom stereocenters. The van der Waals surface area contributed by atoms with E-state index in [1.54, 1.807) is 30.1 Å². The van der Waals surface area contributed by atoms with Crippen LogP contribution in [0.1, 0.15) is 32.6 Å². The molecule has 6 nitrogen and oxygen atoms in total. The number of carboxylic acids is 1. The lowest BCUT2D eigenvalue weighted by molar-refractivity contribution is -0.149. The summed E-state index contributed by atoms with van der Waals surface area (Å²) in [5, 5.41) is 16.1. The molecule has 0 saturated heterocycles. The van der Waals surface area contributed by atoms with E-state index in [-0.39, 0.29) is 11.9 Å². The summed E-state index contributed by atoms with van der Waals surface area (Å²) in [6, 6.07) is 1.53. The minimum atomic E-state index is -0.832. The fourth-order valence-corrected chi connectivity index (χ4v) is 2.57. The predicted molar refractivity (Wildman–Crippen MR) is 68.4 cm³/mol. The summed E-state index contributed by atoms with van der Waals surface area (Å²) in [4.78, 5) is 23.2. The Balaban J connectivity index is 1.86. The molecule has 0 radical (unpaired) electrons. The molecule has 1 heterocycles. The van der Waals surface area contributed by atoms with Crippen LogP contribution in [0.5, 0.6) is 0 Å². The number of hydrogen-bond acceptors (Lipinski definition) is 3. The molecule has 2 unspecified atom stereocenters. The number of aryl methyl sites for hydroxylation is 1. The van der Waals surface area contributed by atoms with E-state index >= 15 is 0 Å². The number of hydrogen-bond donors (Lipinski definition) is 2. The van der Waals surface area contributed by atoms with Gasteiger partial charge < -0.3 is 10.4 Å². The molecule has 1 aliphatic rings. The van der Waals surface area contributed by atoms with Crippen LogP contribution in [0, 0.1) is 5.41 Å². The van der Waals surface area contributed by atoms with E-state index in [1.807, 2.05) is 0 Å². The monoisotopic (exact) mass is 265 g/mol. The summed E-state index contributed by atoms with van der Waals surface area (Å²) in [7, 11) is 0. The normalized spacial score (nSPS) is 26.3. The Morgan fingerprint density at radius 2 is 2.37 bits per heavy atom. The molecule has 1 fully saturated rings. The van der Waals surface area contributed by atoms with Crippen molar-refractivity contribution in [3.63, 3.8) is 0 Å². The lowest BCUT2D eigenvalue weighted by Gasteiger charge is -2.27. The average Bonchev–Trinajstić information content (AvgIpc) is 2.98. The first-order valence-corrected chi connectivity index (χ1v) is 6.52. The molecule has 1 saturated carbocycles. The Labute approximate surface area is 111 Å². The van der Waals surface area contributed by atoms with Gasteiger partial charge in [-0.05, 0) is 25.8 Å². The molecule has 104 valence electrons. The smallest absolute Gasteiger partial charge is 0.311 e. The predicted octanol–water partition coefficient (Wildman–Crippen LogP) is 1.03. The number of carbonyl (C=O) groups is 2. The molecule has 0 aromatic carbocycles. The first kappa shape index (κ1) is 13.6. The molecule has 2 N–H and O–H groups in total. The highest BCUT2D eigenvalue weighted by Crippen LogP contribution is 2.38. The number of amides is 1. The SMILES string of the molecule is CC1(C(=O)O)CCCC1NC(=O)CCn1cccn1. The van der Waals surface area contributed by atoms with Gasteiger partial charge in [-0.25, -0.2) is 0 Å². The summed E-state index contributed by atoms with van der Waals surface area (Å²) in [6.45, 7) is 2.22. The van der Waals surface area contributed by atoms with Crippen LogP contribution >= 0.6 is 0 Å². The van der Waals surface area contributed by atoms with Crippen molar-refractivity contribution in [1.82, 2.24) is 15.1 Å². The summed E-state index contributed by atoms with van der Waals surface area (Å²) in [5.41, 5.74) is -0.832. The Morgan fingerprint density at radius 3 is 3.00 bits per heavy atom. The summed E-state index contributed by atoms with van der Waals surface area (Å²) < 4.78 is 1.69. The fourth-order valence-electron chi connectivity index (χ4n) is 2.57. The maximum absolute atomic E-state index is 11.9. The zero-order chi connectivity index (χ0) is 13.9. The highest BCUT2D eigenvalue weighted by atomic mass is 16.4. The van der Waals surface area contributed by atoms with E-state index in [1.165, 1.54) is 0 Å². The molecule has 0 bridgehead atoms. The topological polar surface area (TPSA) is 84.2 Å². The van der Waals surface area contributed by atoms with Gasteiger partial charge in [0.2, 0.25) is 5.91 Å². The largest absolute Gasteiger partial charge is 0.481 e. The van der Waals surface area contributed by atoms with Gasteiger partial charge in [0.15, 0.2) is 0 Å². The van der Waals surface area contributed by atoms with Crippen LogP contribution < -0.4 is 5.32 Å². The van der Waals surface area contributed by atoms with Gasteiger partial charge in [0.25, 0.3) is 0 Å². The van der Waals surface area contributed by atoms with E-state index in [4.69, 9.17) is 0 Å². The van der Waals surface area contributed by atoms with Crippen LogP contribution in [0.15, 0.2) is 18.5 Å². The van der Waals surface area contributed by atoms with E-state index < -0.39 is 11.4 Å². The Hall–Kier alpha value is -1.85. The third-order valence-corrected chi connectivity index (χ3v) is 3.91. The van der Waals surface area contributed by atoms with E-state index in [2.05, 4.69) is 10.4 Å². The molecule has 1 aromatic rings. The summed E-state index contributed by atoms with van der Waals surface area (Å²) in [6.07, 6.45) is 5.96. The van der Waals surface area contributed by atoms with Gasteiger partial charge in [-0.15, -0.1) is 0 Å². The Morgan fingerprint density at radius 1 is 1.58 bits per heavy atom. The number of nitrogens with zero attached hydrogens (tertiary/aromatic N) is 2. The molecule has 2 rings (SSSR count). The van der Waals surface area contributed by atoms with Gasteiger partial charge in [0, 0.05) is 31.4 Å². The van der Waals surface area contributed by atoms with Gasteiger partial charge in [0.1, 0.15) is 0 Å². The minimum Gasteiger partial charge on any atom is -0.481 e. The van der Waals surface area contributed by atoms with Gasteiger partial charge in [-0.3, -0.25) is 14.3 Å². The molecular formula is C13H19N3O3. The second-order valence-electron chi connectivity index (χ2n) is 5.25. The van der Waals surface area contributed by atoms with Crippen molar-refractivity contribution in [1.29, 1.82) is 0 Å². The van der Waals surface area contributed by atoms with E-state index in [0.717, 1.165) is 12.8 Å². The number of nitrogens with one attached hydrogen (secondary N) is 1. The molecule has 1 aromatic heterocycles. The Bertz CT molecular complexity index is 458. The number of carboxylic acid groups (broad SMARTS) is 1. The maximum Gasteiger partial charge on any atom is 0.311 e. The lowest BCUT2D eigenvalue weighted by Crippen LogP contribution is -2.47. The number of aromatic nitrogens is 2. The highest BCUT2D eigenvalue weighted by Gasteiger charge is 2.45. The van der Waals surface area contributed by atoms with Crippen molar-refractivity contribution in [2.24, 2.45) is 5.41 Å². The van der Waals surface area contributed by atoms with Crippen molar-refractivity contribution in [2.45, 2.75) is 45.2 Å². The minimum absolute atomic E-state index is 0.116. The second kappa shape index (κ2) is 5.42. The van der Waals surface area contributed by atoms with E-state index in [0.29, 0.717) is 19.4 Å². The van der Waals surface area contributed by atoms with Crippen LogP contribution in [0.3, 0.4) is 0 Å². The Kier molecular flexibility index (Phi) is 3.87. The van der Waals surface area contributed by atoms with Crippen molar-refractivity contribution in [3.05, 3.63) is 18.5 Å². The van der Waals surface area contributed by atoms with Crippen LogP contribution in [-0.4, -0.2) is 32.8 Å². The van der Waals surface area contributed by atoms with Gasteiger partial charge >= 0.3 is 5.97 Å². The summed E-state index contributed by atoms with van der Waals surface area (Å²) in [5.74, 6) is -0.947. The van der Waals surface area contributed by atoms with Crippen LogP contribution in [0.25, 0.3) is 0 Å². The van der Waals surface area contributed by atoms with Crippen molar-refractivity contribution in [2.75, 3.05) is 0 Å². The summed E-state index contributed by atoms with van der Waals surface area (Å²) >= 11 is 0. The fraction of sp³-hybridized carbons (Fsp3) is 0.615. The first-order valence-electron chi connectivity index (χ1n) is 6.52. The van der Waals surface area contributed by atoms with Gasteiger partial charge in [-0.1, -0.05) is 6.42 Å². The number of rotatable bonds is 5. The first-order chi connectivity index (χ1) is 9.02. The lowest BCUT2D eigenvalue weighted by atomic mass is 9.85. The maximum atomic E-state index is 11.9.